The number of benzene rings is 2. The minimum absolute atomic E-state index is 0.296. The average molecular weight is 534 g/mol. The Bertz CT molecular complexity index is 1350. The summed E-state index contributed by atoms with van der Waals surface area (Å²) in [6.45, 7) is 3.88. The van der Waals surface area contributed by atoms with Crippen LogP contribution in [-0.2, 0) is 6.61 Å². The molecule has 0 fully saturated rings. The lowest BCUT2D eigenvalue weighted by Crippen LogP contribution is -2.20. The Hall–Kier alpha value is -3.17. The first kappa shape index (κ1) is 23.0. The largest absolute Gasteiger partial charge is 0.493 e. The van der Waals surface area contributed by atoms with Gasteiger partial charge in [0.05, 0.1) is 22.7 Å². The second-order valence-electron chi connectivity index (χ2n) is 7.62. The van der Waals surface area contributed by atoms with Crippen molar-refractivity contribution in [1.29, 1.82) is 0 Å². The molecule has 0 unspecified atom stereocenters. The topological polar surface area (TPSA) is 116 Å². The molecule has 33 heavy (non-hydrogen) atoms. The standard InChI is InChI=1S/C23H22BrClN4O4/c1-11-18(22(30)28-26-11)20(19-12(2)27-29-23(19)31)14-8-16(24)21(17(9-14)32-3)33-10-13-4-6-15(25)7-5-13/h4-9,20H,10H2,1-3H3,(H2,26,28,30)(H2,27,29,31). The van der Waals surface area contributed by atoms with Crippen molar-refractivity contribution in [3.63, 3.8) is 0 Å². The third-order valence-corrected chi connectivity index (χ3v) is 6.32. The lowest BCUT2D eigenvalue weighted by molar-refractivity contribution is 0.282. The number of hydrogen-bond acceptors (Lipinski definition) is 4. The van der Waals surface area contributed by atoms with Crippen molar-refractivity contribution in [1.82, 2.24) is 20.4 Å². The lowest BCUT2D eigenvalue weighted by atomic mass is 9.85. The molecule has 4 rings (SSSR count). The van der Waals surface area contributed by atoms with Gasteiger partial charge in [0.1, 0.15) is 6.61 Å². The molecule has 0 spiro atoms. The molecule has 0 saturated carbocycles. The zero-order valence-corrected chi connectivity index (χ0v) is 20.5. The first-order valence-electron chi connectivity index (χ1n) is 10.1. The summed E-state index contributed by atoms with van der Waals surface area (Å²) in [6.07, 6.45) is 0. The Morgan fingerprint density at radius 3 is 2.00 bits per heavy atom. The molecular weight excluding hydrogens is 512 g/mol. The molecule has 0 amide bonds. The SMILES string of the molecule is COc1cc(C(c2c(C)[nH][nH]c2=O)c2c(C)[nH][nH]c2=O)cc(Br)c1OCc1ccc(Cl)cc1. The summed E-state index contributed by atoms with van der Waals surface area (Å²) >= 11 is 9.54. The number of ether oxygens (including phenoxy) is 2. The zero-order chi connectivity index (χ0) is 23.7. The van der Waals surface area contributed by atoms with E-state index in [0.717, 1.165) is 5.56 Å². The number of hydrogen-bond donors (Lipinski definition) is 4. The summed E-state index contributed by atoms with van der Waals surface area (Å²) < 4.78 is 12.3. The molecule has 0 saturated heterocycles. The highest BCUT2D eigenvalue weighted by Crippen LogP contribution is 2.42. The van der Waals surface area contributed by atoms with Gasteiger partial charge in [0.25, 0.3) is 11.1 Å². The molecule has 0 aliphatic heterocycles. The molecule has 0 aliphatic carbocycles. The highest BCUT2D eigenvalue weighted by molar-refractivity contribution is 9.10. The third-order valence-electron chi connectivity index (χ3n) is 5.48. The summed E-state index contributed by atoms with van der Waals surface area (Å²) in [6, 6.07) is 11.0. The first-order chi connectivity index (χ1) is 15.8. The van der Waals surface area contributed by atoms with E-state index >= 15 is 0 Å². The number of halogens is 2. The molecule has 2 heterocycles. The van der Waals surface area contributed by atoms with Gasteiger partial charge in [-0.05, 0) is 65.2 Å². The fourth-order valence-corrected chi connectivity index (χ4v) is 4.57. The second kappa shape index (κ2) is 9.36. The van der Waals surface area contributed by atoms with E-state index in [1.807, 2.05) is 18.2 Å². The van der Waals surface area contributed by atoms with Crippen molar-refractivity contribution in [3.05, 3.63) is 100 Å². The Morgan fingerprint density at radius 2 is 1.52 bits per heavy atom. The number of aromatic amines is 4. The minimum Gasteiger partial charge on any atom is -0.493 e. The summed E-state index contributed by atoms with van der Waals surface area (Å²) in [5.41, 5.74) is 3.23. The summed E-state index contributed by atoms with van der Waals surface area (Å²) in [5, 5.41) is 11.6. The van der Waals surface area contributed by atoms with Gasteiger partial charge in [-0.2, -0.15) is 0 Å². The van der Waals surface area contributed by atoms with Crippen LogP contribution in [0.1, 0.15) is 39.6 Å². The number of nitrogens with one attached hydrogen (secondary N) is 4. The molecule has 0 atom stereocenters. The van der Waals surface area contributed by atoms with E-state index in [1.54, 1.807) is 39.2 Å². The maximum Gasteiger partial charge on any atom is 0.268 e. The summed E-state index contributed by atoms with van der Waals surface area (Å²) in [5.74, 6) is 0.340. The number of aromatic nitrogens is 4. The van der Waals surface area contributed by atoms with Gasteiger partial charge in [-0.15, -0.1) is 0 Å². The van der Waals surface area contributed by atoms with Crippen molar-refractivity contribution in [2.24, 2.45) is 0 Å². The molecule has 4 aromatic rings. The molecule has 2 aromatic heterocycles. The zero-order valence-electron chi connectivity index (χ0n) is 18.1. The van der Waals surface area contributed by atoms with Crippen LogP contribution >= 0.6 is 27.5 Å². The smallest absolute Gasteiger partial charge is 0.268 e. The minimum atomic E-state index is -0.634. The number of H-pyrrole nitrogens is 4. The molecule has 172 valence electrons. The van der Waals surface area contributed by atoms with Crippen LogP contribution in [0.2, 0.25) is 5.02 Å². The molecular formula is C23H22BrClN4O4. The number of rotatable bonds is 7. The number of aryl methyl sites for hydroxylation is 2. The lowest BCUT2D eigenvalue weighted by Gasteiger charge is -2.20. The van der Waals surface area contributed by atoms with Gasteiger partial charge in [-0.25, -0.2) is 0 Å². The maximum absolute atomic E-state index is 12.7. The van der Waals surface area contributed by atoms with E-state index < -0.39 is 5.92 Å². The Morgan fingerprint density at radius 1 is 0.939 bits per heavy atom. The fourth-order valence-electron chi connectivity index (χ4n) is 3.87. The normalized spacial score (nSPS) is 11.2. The maximum atomic E-state index is 12.7. The van der Waals surface area contributed by atoms with E-state index in [1.165, 1.54) is 0 Å². The monoisotopic (exact) mass is 532 g/mol. The van der Waals surface area contributed by atoms with E-state index in [-0.39, 0.29) is 11.1 Å². The van der Waals surface area contributed by atoms with Crippen LogP contribution in [-0.4, -0.2) is 27.5 Å². The van der Waals surface area contributed by atoms with Crippen LogP contribution in [0.4, 0.5) is 0 Å². The molecule has 2 aromatic carbocycles. The van der Waals surface area contributed by atoms with Crippen LogP contribution in [0.15, 0.2) is 50.5 Å². The van der Waals surface area contributed by atoms with E-state index in [4.69, 9.17) is 21.1 Å². The van der Waals surface area contributed by atoms with Gasteiger partial charge < -0.3 is 19.7 Å². The molecule has 0 aliphatic rings. The Balaban J connectivity index is 1.80. The van der Waals surface area contributed by atoms with Gasteiger partial charge in [-0.1, -0.05) is 23.7 Å². The van der Waals surface area contributed by atoms with Gasteiger partial charge in [-0.3, -0.25) is 19.8 Å². The first-order valence-corrected chi connectivity index (χ1v) is 11.3. The Labute approximate surface area is 202 Å². The second-order valence-corrected chi connectivity index (χ2v) is 8.91. The van der Waals surface area contributed by atoms with E-state index in [9.17, 15) is 9.59 Å². The third kappa shape index (κ3) is 4.51. The van der Waals surface area contributed by atoms with Gasteiger partial charge in [0.2, 0.25) is 0 Å². The van der Waals surface area contributed by atoms with Crippen molar-refractivity contribution in [2.45, 2.75) is 26.4 Å². The molecule has 4 N–H and O–H groups in total. The molecule has 10 heteroatoms. The summed E-state index contributed by atoms with van der Waals surface area (Å²) in [7, 11) is 1.54. The average Bonchev–Trinajstić information content (AvgIpc) is 3.30. The van der Waals surface area contributed by atoms with E-state index in [2.05, 4.69) is 36.3 Å². The highest BCUT2D eigenvalue weighted by Gasteiger charge is 2.29. The van der Waals surface area contributed by atoms with Crippen molar-refractivity contribution in [3.8, 4) is 11.5 Å². The molecule has 0 bridgehead atoms. The van der Waals surface area contributed by atoms with Gasteiger partial charge >= 0.3 is 0 Å². The van der Waals surface area contributed by atoms with Crippen LogP contribution in [0.5, 0.6) is 11.5 Å². The molecule has 8 nitrogen and oxygen atoms in total. The van der Waals surface area contributed by atoms with Gasteiger partial charge in [0, 0.05) is 22.3 Å². The number of methoxy groups -OCH3 is 1. The van der Waals surface area contributed by atoms with Crippen molar-refractivity contribution < 1.29 is 9.47 Å². The van der Waals surface area contributed by atoms with Gasteiger partial charge in [0.15, 0.2) is 11.5 Å². The molecule has 0 radical (unpaired) electrons. The highest BCUT2D eigenvalue weighted by atomic mass is 79.9. The van der Waals surface area contributed by atoms with Crippen LogP contribution in [0.3, 0.4) is 0 Å². The van der Waals surface area contributed by atoms with Crippen LogP contribution < -0.4 is 20.6 Å². The Kier molecular flexibility index (Phi) is 6.53. The quantitative estimate of drug-likeness (QED) is 0.279. The predicted octanol–water partition coefficient (Wildman–Crippen LogP) is 4.52. The van der Waals surface area contributed by atoms with E-state index in [0.29, 0.717) is 55.7 Å². The van der Waals surface area contributed by atoms with Crippen LogP contribution in [0, 0.1) is 13.8 Å². The predicted molar refractivity (Wildman–Crippen MR) is 130 cm³/mol. The van der Waals surface area contributed by atoms with Crippen molar-refractivity contribution >= 4 is 27.5 Å². The van der Waals surface area contributed by atoms with Crippen LogP contribution in [0.25, 0.3) is 0 Å². The summed E-state index contributed by atoms with van der Waals surface area (Å²) in [4.78, 5) is 25.4. The fraction of sp³-hybridized carbons (Fsp3) is 0.217. The van der Waals surface area contributed by atoms with Crippen molar-refractivity contribution in [2.75, 3.05) is 7.11 Å².